The summed E-state index contributed by atoms with van der Waals surface area (Å²) in [4.78, 5) is 12.2. The van der Waals surface area contributed by atoms with Crippen LogP contribution in [0.2, 0.25) is 0 Å². The smallest absolute Gasteiger partial charge is 0.251 e. The van der Waals surface area contributed by atoms with Crippen LogP contribution in [0.3, 0.4) is 0 Å². The molecule has 1 amide bonds. The fourth-order valence-corrected chi connectivity index (χ4v) is 2.49. The SMILES string of the molecule is Cc1c(Br)cccc1C(=O)NCc1cccc(CCl)c1. The molecule has 0 aromatic heterocycles. The Morgan fingerprint density at radius 1 is 1.20 bits per heavy atom. The molecule has 0 spiro atoms. The lowest BCUT2D eigenvalue weighted by molar-refractivity contribution is 0.0950. The minimum Gasteiger partial charge on any atom is -0.348 e. The van der Waals surface area contributed by atoms with Gasteiger partial charge in [0, 0.05) is 22.5 Å². The van der Waals surface area contributed by atoms with Crippen LogP contribution >= 0.6 is 27.5 Å². The van der Waals surface area contributed by atoms with Gasteiger partial charge in [-0.05, 0) is 35.7 Å². The number of amides is 1. The molecule has 0 aliphatic carbocycles. The van der Waals surface area contributed by atoms with Crippen molar-refractivity contribution in [2.75, 3.05) is 0 Å². The largest absolute Gasteiger partial charge is 0.348 e. The molecule has 0 heterocycles. The standard InChI is InChI=1S/C16H15BrClNO/c1-11-14(6-3-7-15(11)17)16(20)19-10-13-5-2-4-12(8-13)9-18/h2-8H,9-10H2,1H3,(H,19,20). The van der Waals surface area contributed by atoms with E-state index in [-0.39, 0.29) is 5.91 Å². The van der Waals surface area contributed by atoms with Crippen LogP contribution in [0.1, 0.15) is 27.0 Å². The average molecular weight is 353 g/mol. The molecular weight excluding hydrogens is 338 g/mol. The van der Waals surface area contributed by atoms with Gasteiger partial charge < -0.3 is 5.32 Å². The van der Waals surface area contributed by atoms with Crippen molar-refractivity contribution >= 4 is 33.4 Å². The molecule has 0 saturated heterocycles. The van der Waals surface area contributed by atoms with Crippen molar-refractivity contribution in [3.05, 3.63) is 69.2 Å². The molecule has 0 bridgehead atoms. The lowest BCUT2D eigenvalue weighted by Crippen LogP contribution is -2.23. The summed E-state index contributed by atoms with van der Waals surface area (Å²) in [6, 6.07) is 13.5. The van der Waals surface area contributed by atoms with Crippen LogP contribution in [0, 0.1) is 6.92 Å². The third-order valence-electron chi connectivity index (χ3n) is 3.11. The van der Waals surface area contributed by atoms with Crippen LogP contribution in [0.15, 0.2) is 46.9 Å². The average Bonchev–Trinajstić information content (AvgIpc) is 2.48. The molecule has 20 heavy (non-hydrogen) atoms. The molecule has 2 rings (SSSR count). The molecule has 0 saturated carbocycles. The number of carbonyl (C=O) groups excluding carboxylic acids is 1. The summed E-state index contributed by atoms with van der Waals surface area (Å²) in [5.41, 5.74) is 3.73. The topological polar surface area (TPSA) is 29.1 Å². The first-order chi connectivity index (χ1) is 9.61. The number of halogens is 2. The molecule has 4 heteroatoms. The van der Waals surface area contributed by atoms with E-state index >= 15 is 0 Å². The second kappa shape index (κ2) is 6.91. The van der Waals surface area contributed by atoms with E-state index in [1.165, 1.54) is 0 Å². The van der Waals surface area contributed by atoms with Gasteiger partial charge in [0.2, 0.25) is 0 Å². The van der Waals surface area contributed by atoms with Crippen LogP contribution in [0.4, 0.5) is 0 Å². The fraction of sp³-hybridized carbons (Fsp3) is 0.188. The van der Waals surface area contributed by atoms with Gasteiger partial charge >= 0.3 is 0 Å². The van der Waals surface area contributed by atoms with Crippen molar-refractivity contribution in [1.29, 1.82) is 0 Å². The second-order valence-corrected chi connectivity index (χ2v) is 5.67. The van der Waals surface area contributed by atoms with E-state index in [2.05, 4.69) is 21.2 Å². The summed E-state index contributed by atoms with van der Waals surface area (Å²) in [7, 11) is 0. The van der Waals surface area contributed by atoms with Crippen molar-refractivity contribution in [3.63, 3.8) is 0 Å². The molecule has 0 atom stereocenters. The van der Waals surface area contributed by atoms with Gasteiger partial charge in [-0.3, -0.25) is 4.79 Å². The second-order valence-electron chi connectivity index (χ2n) is 4.55. The number of hydrogen-bond donors (Lipinski definition) is 1. The predicted molar refractivity (Wildman–Crippen MR) is 86.0 cm³/mol. The Balaban J connectivity index is 2.06. The Kier molecular flexibility index (Phi) is 5.21. The third kappa shape index (κ3) is 3.62. The first-order valence-electron chi connectivity index (χ1n) is 6.29. The first kappa shape index (κ1) is 15.1. The highest BCUT2D eigenvalue weighted by Crippen LogP contribution is 2.19. The molecule has 2 aromatic carbocycles. The lowest BCUT2D eigenvalue weighted by atomic mass is 10.1. The van der Waals surface area contributed by atoms with Gasteiger partial charge in [0.05, 0.1) is 0 Å². The molecule has 2 nitrogen and oxygen atoms in total. The van der Waals surface area contributed by atoms with Gasteiger partial charge in [0.15, 0.2) is 0 Å². The van der Waals surface area contributed by atoms with Crippen molar-refractivity contribution in [1.82, 2.24) is 5.32 Å². The zero-order valence-corrected chi connectivity index (χ0v) is 13.5. The maximum absolute atomic E-state index is 12.2. The number of alkyl halides is 1. The minimum absolute atomic E-state index is 0.0694. The van der Waals surface area contributed by atoms with E-state index in [0.29, 0.717) is 18.0 Å². The Hall–Kier alpha value is -1.32. The molecule has 104 valence electrons. The first-order valence-corrected chi connectivity index (χ1v) is 7.61. The van der Waals surface area contributed by atoms with Crippen molar-refractivity contribution in [2.24, 2.45) is 0 Å². The molecule has 0 fully saturated rings. The van der Waals surface area contributed by atoms with Gasteiger partial charge in [-0.2, -0.15) is 0 Å². The van der Waals surface area contributed by atoms with E-state index in [1.54, 1.807) is 0 Å². The Labute approximate surface area is 132 Å². The number of carbonyl (C=O) groups is 1. The Bertz CT molecular complexity index is 628. The molecule has 1 N–H and O–H groups in total. The summed E-state index contributed by atoms with van der Waals surface area (Å²) in [6.45, 7) is 2.42. The fourth-order valence-electron chi connectivity index (χ4n) is 1.95. The van der Waals surface area contributed by atoms with Gasteiger partial charge in [-0.25, -0.2) is 0 Å². The molecule has 0 aliphatic rings. The van der Waals surface area contributed by atoms with E-state index in [4.69, 9.17) is 11.6 Å². The van der Waals surface area contributed by atoms with Gasteiger partial charge in [0.1, 0.15) is 0 Å². The van der Waals surface area contributed by atoms with Gasteiger partial charge in [-0.1, -0.05) is 46.3 Å². The molecule has 0 radical (unpaired) electrons. The summed E-state index contributed by atoms with van der Waals surface area (Å²) in [5, 5.41) is 2.93. The normalized spacial score (nSPS) is 10.3. The molecular formula is C16H15BrClNO. The molecule has 2 aromatic rings. The Morgan fingerprint density at radius 3 is 2.65 bits per heavy atom. The highest BCUT2D eigenvalue weighted by molar-refractivity contribution is 9.10. The van der Waals surface area contributed by atoms with E-state index in [9.17, 15) is 4.79 Å². The Morgan fingerprint density at radius 2 is 1.90 bits per heavy atom. The van der Waals surface area contributed by atoms with Crippen LogP contribution in [0.5, 0.6) is 0 Å². The maximum Gasteiger partial charge on any atom is 0.251 e. The number of rotatable bonds is 4. The minimum atomic E-state index is -0.0694. The van der Waals surface area contributed by atoms with E-state index in [0.717, 1.165) is 21.2 Å². The van der Waals surface area contributed by atoms with Crippen molar-refractivity contribution in [2.45, 2.75) is 19.3 Å². The van der Waals surface area contributed by atoms with E-state index < -0.39 is 0 Å². The summed E-state index contributed by atoms with van der Waals surface area (Å²) >= 11 is 9.24. The summed E-state index contributed by atoms with van der Waals surface area (Å²) < 4.78 is 0.939. The number of benzene rings is 2. The quantitative estimate of drug-likeness (QED) is 0.811. The van der Waals surface area contributed by atoms with Crippen LogP contribution in [-0.4, -0.2) is 5.91 Å². The van der Waals surface area contributed by atoms with Gasteiger partial charge in [-0.15, -0.1) is 11.6 Å². The molecule has 0 unspecified atom stereocenters. The summed E-state index contributed by atoms with van der Waals surface area (Å²) in [5.74, 6) is 0.409. The van der Waals surface area contributed by atoms with E-state index in [1.807, 2.05) is 49.4 Å². The molecule has 0 aliphatic heterocycles. The van der Waals surface area contributed by atoms with Crippen molar-refractivity contribution in [3.8, 4) is 0 Å². The zero-order valence-electron chi connectivity index (χ0n) is 11.1. The summed E-state index contributed by atoms with van der Waals surface area (Å²) in [6.07, 6.45) is 0. The number of nitrogens with one attached hydrogen (secondary N) is 1. The predicted octanol–water partition coefficient (Wildman–Crippen LogP) is 4.43. The highest BCUT2D eigenvalue weighted by Gasteiger charge is 2.10. The number of hydrogen-bond acceptors (Lipinski definition) is 1. The van der Waals surface area contributed by atoms with Crippen molar-refractivity contribution < 1.29 is 4.79 Å². The van der Waals surface area contributed by atoms with Crippen LogP contribution < -0.4 is 5.32 Å². The third-order valence-corrected chi connectivity index (χ3v) is 4.28. The van der Waals surface area contributed by atoms with Crippen LogP contribution in [-0.2, 0) is 12.4 Å². The maximum atomic E-state index is 12.2. The monoisotopic (exact) mass is 351 g/mol. The van der Waals surface area contributed by atoms with Crippen LogP contribution in [0.25, 0.3) is 0 Å². The zero-order chi connectivity index (χ0) is 14.5. The lowest BCUT2D eigenvalue weighted by Gasteiger charge is -2.09. The highest BCUT2D eigenvalue weighted by atomic mass is 79.9. The van der Waals surface area contributed by atoms with Gasteiger partial charge in [0.25, 0.3) is 5.91 Å².